The monoisotopic (exact) mass is 246 g/mol. The number of rotatable bonds is 4. The number of thiophene rings is 1. The van der Waals surface area contributed by atoms with Crippen LogP contribution in [-0.2, 0) is 6.42 Å². The Bertz CT molecular complexity index is 257. The Hall–Kier alpha value is -0.120. The molecule has 0 aliphatic heterocycles. The molecule has 1 aromatic heterocycles. The molecule has 0 amide bonds. The maximum atomic E-state index is 9.43. The summed E-state index contributed by atoms with van der Waals surface area (Å²) in [6, 6.07) is 2.04. The molecule has 0 saturated carbocycles. The van der Waals surface area contributed by atoms with E-state index >= 15 is 0 Å². The van der Waals surface area contributed by atoms with Crippen molar-refractivity contribution in [1.29, 1.82) is 0 Å². The summed E-state index contributed by atoms with van der Waals surface area (Å²) in [7, 11) is 0. The zero-order chi connectivity index (χ0) is 8.97. The number of halogens is 1. The van der Waals surface area contributed by atoms with Crippen LogP contribution in [-0.4, -0.2) is 11.2 Å². The largest absolute Gasteiger partial charge is 0.392 e. The summed E-state index contributed by atoms with van der Waals surface area (Å²) >= 11 is 5.03. The van der Waals surface area contributed by atoms with Crippen molar-refractivity contribution in [3.63, 3.8) is 0 Å². The van der Waals surface area contributed by atoms with Crippen LogP contribution in [0.2, 0.25) is 0 Å². The van der Waals surface area contributed by atoms with Crippen LogP contribution in [0.4, 0.5) is 0 Å². The fourth-order valence-corrected chi connectivity index (χ4v) is 2.49. The van der Waals surface area contributed by atoms with E-state index in [1.807, 2.05) is 11.4 Å². The van der Waals surface area contributed by atoms with Crippen LogP contribution in [0.3, 0.4) is 0 Å². The van der Waals surface area contributed by atoms with E-state index in [0.29, 0.717) is 6.42 Å². The molecule has 0 bridgehead atoms. The molecule has 1 heterocycles. The van der Waals surface area contributed by atoms with Crippen molar-refractivity contribution in [1.82, 2.24) is 0 Å². The van der Waals surface area contributed by atoms with Crippen molar-refractivity contribution >= 4 is 27.3 Å². The quantitative estimate of drug-likeness (QED) is 0.811. The molecule has 66 valence electrons. The molecule has 1 atom stereocenters. The molecule has 1 N–H and O–H groups in total. The van der Waals surface area contributed by atoms with Gasteiger partial charge in [0.05, 0.1) is 6.10 Å². The van der Waals surface area contributed by atoms with Gasteiger partial charge in [-0.05, 0) is 28.4 Å². The van der Waals surface area contributed by atoms with Crippen molar-refractivity contribution in [3.05, 3.63) is 33.5 Å². The highest BCUT2D eigenvalue weighted by atomic mass is 79.9. The van der Waals surface area contributed by atoms with E-state index in [-0.39, 0.29) is 6.10 Å². The van der Waals surface area contributed by atoms with Gasteiger partial charge in [0.1, 0.15) is 0 Å². The fraction of sp³-hybridized carbons (Fsp3) is 0.333. The Morgan fingerprint density at radius 2 is 2.50 bits per heavy atom. The molecule has 1 rings (SSSR count). The van der Waals surface area contributed by atoms with Gasteiger partial charge in [0.25, 0.3) is 0 Å². The summed E-state index contributed by atoms with van der Waals surface area (Å²) in [4.78, 5) is 1.20. The van der Waals surface area contributed by atoms with Gasteiger partial charge >= 0.3 is 0 Å². The second kappa shape index (κ2) is 4.80. The topological polar surface area (TPSA) is 20.2 Å². The zero-order valence-corrected chi connectivity index (χ0v) is 9.07. The predicted molar refractivity (Wildman–Crippen MR) is 56.5 cm³/mol. The third-order valence-corrected chi connectivity index (χ3v) is 3.22. The van der Waals surface area contributed by atoms with E-state index in [1.54, 1.807) is 17.4 Å². The highest BCUT2D eigenvalue weighted by Crippen LogP contribution is 2.21. The average Bonchev–Trinajstić information content (AvgIpc) is 2.36. The van der Waals surface area contributed by atoms with Crippen LogP contribution in [0, 0.1) is 0 Å². The van der Waals surface area contributed by atoms with E-state index in [4.69, 9.17) is 0 Å². The summed E-state index contributed by atoms with van der Waals surface area (Å²) in [6.07, 6.45) is 2.85. The second-order valence-corrected chi connectivity index (χ2v) is 4.53. The van der Waals surface area contributed by atoms with Gasteiger partial charge in [0.15, 0.2) is 0 Å². The summed E-state index contributed by atoms with van der Waals surface area (Å²) < 4.78 is 1.09. The Balaban J connectivity index is 2.46. The molecule has 1 unspecified atom stereocenters. The molecular formula is C9H11BrOS. The molecule has 0 fully saturated rings. The second-order valence-electron chi connectivity index (χ2n) is 2.61. The van der Waals surface area contributed by atoms with Gasteiger partial charge < -0.3 is 5.11 Å². The van der Waals surface area contributed by atoms with E-state index in [1.165, 1.54) is 4.88 Å². The summed E-state index contributed by atoms with van der Waals surface area (Å²) in [6.45, 7) is 3.58. The third-order valence-electron chi connectivity index (χ3n) is 1.50. The standard InChI is InChI=1S/C9H11BrOS/c1-2-3-8(11)5-9-4-7(10)6-12-9/h2,4,6,8,11H,1,3,5H2. The van der Waals surface area contributed by atoms with Crippen molar-refractivity contribution in [2.75, 3.05) is 0 Å². The molecule has 0 spiro atoms. The summed E-state index contributed by atoms with van der Waals surface area (Å²) in [5.41, 5.74) is 0. The van der Waals surface area contributed by atoms with Crippen molar-refractivity contribution < 1.29 is 5.11 Å². The third kappa shape index (κ3) is 3.09. The maximum Gasteiger partial charge on any atom is 0.0622 e. The Morgan fingerprint density at radius 3 is 3.00 bits per heavy atom. The molecule has 0 aliphatic carbocycles. The lowest BCUT2D eigenvalue weighted by Crippen LogP contribution is -2.07. The predicted octanol–water partition coefficient (Wildman–Crippen LogP) is 2.99. The van der Waals surface area contributed by atoms with Gasteiger partial charge in [-0.2, -0.15) is 0 Å². The first-order valence-corrected chi connectivity index (χ1v) is 5.41. The minimum atomic E-state index is -0.284. The smallest absolute Gasteiger partial charge is 0.0622 e. The maximum absolute atomic E-state index is 9.43. The van der Waals surface area contributed by atoms with Crippen LogP contribution in [0.25, 0.3) is 0 Å². The average molecular weight is 247 g/mol. The van der Waals surface area contributed by atoms with E-state index < -0.39 is 0 Å². The first-order chi connectivity index (χ1) is 5.72. The highest BCUT2D eigenvalue weighted by molar-refractivity contribution is 9.10. The first kappa shape index (κ1) is 9.96. The Kier molecular flexibility index (Phi) is 3.98. The van der Waals surface area contributed by atoms with Gasteiger partial charge in [-0.3, -0.25) is 0 Å². The lowest BCUT2D eigenvalue weighted by Gasteiger charge is -2.04. The fourth-order valence-electron chi connectivity index (χ4n) is 0.969. The van der Waals surface area contributed by atoms with Crippen LogP contribution >= 0.6 is 27.3 Å². The number of hydrogen-bond donors (Lipinski definition) is 1. The molecule has 1 nitrogen and oxygen atoms in total. The highest BCUT2D eigenvalue weighted by Gasteiger charge is 2.04. The molecule has 0 aromatic carbocycles. The zero-order valence-electron chi connectivity index (χ0n) is 6.66. The lowest BCUT2D eigenvalue weighted by molar-refractivity contribution is 0.179. The molecule has 12 heavy (non-hydrogen) atoms. The van der Waals surface area contributed by atoms with Crippen LogP contribution in [0.1, 0.15) is 11.3 Å². The van der Waals surface area contributed by atoms with Crippen LogP contribution in [0.5, 0.6) is 0 Å². The summed E-state index contributed by atoms with van der Waals surface area (Å²) in [5.74, 6) is 0. The number of aliphatic hydroxyl groups excluding tert-OH is 1. The van der Waals surface area contributed by atoms with E-state index in [0.717, 1.165) is 10.9 Å². The van der Waals surface area contributed by atoms with Gasteiger partial charge in [-0.15, -0.1) is 17.9 Å². The normalized spacial score (nSPS) is 12.8. The van der Waals surface area contributed by atoms with Crippen molar-refractivity contribution in [3.8, 4) is 0 Å². The molecule has 0 saturated heterocycles. The van der Waals surface area contributed by atoms with E-state index in [9.17, 15) is 5.11 Å². The van der Waals surface area contributed by atoms with Gasteiger partial charge in [-0.1, -0.05) is 6.08 Å². The van der Waals surface area contributed by atoms with Crippen LogP contribution < -0.4 is 0 Å². The molecular weight excluding hydrogens is 236 g/mol. The SMILES string of the molecule is C=CCC(O)Cc1cc(Br)cs1. The number of aliphatic hydroxyl groups is 1. The Morgan fingerprint density at radius 1 is 1.75 bits per heavy atom. The molecule has 0 aliphatic rings. The minimum absolute atomic E-state index is 0.284. The van der Waals surface area contributed by atoms with Crippen LogP contribution in [0.15, 0.2) is 28.6 Å². The van der Waals surface area contributed by atoms with Gasteiger partial charge in [0, 0.05) is 21.2 Å². The van der Waals surface area contributed by atoms with Gasteiger partial charge in [-0.25, -0.2) is 0 Å². The minimum Gasteiger partial charge on any atom is -0.392 e. The molecule has 0 radical (unpaired) electrons. The first-order valence-electron chi connectivity index (χ1n) is 3.74. The van der Waals surface area contributed by atoms with E-state index in [2.05, 4.69) is 22.5 Å². The lowest BCUT2D eigenvalue weighted by atomic mass is 10.1. The van der Waals surface area contributed by atoms with Gasteiger partial charge in [0.2, 0.25) is 0 Å². The van der Waals surface area contributed by atoms with Crippen molar-refractivity contribution in [2.24, 2.45) is 0 Å². The summed E-state index contributed by atoms with van der Waals surface area (Å²) in [5, 5.41) is 11.5. The molecule has 1 aromatic rings. The Labute approximate surface area is 84.9 Å². The van der Waals surface area contributed by atoms with Crippen molar-refractivity contribution in [2.45, 2.75) is 18.9 Å². The number of hydrogen-bond acceptors (Lipinski definition) is 2. The molecule has 3 heteroatoms.